The van der Waals surface area contributed by atoms with Crippen molar-refractivity contribution in [2.24, 2.45) is 5.41 Å². The molecule has 0 bridgehead atoms. The largest absolute Gasteiger partial charge is 0.383 e. The fourth-order valence-corrected chi connectivity index (χ4v) is 2.78. The number of rotatable bonds is 0. The lowest BCUT2D eigenvalue weighted by Gasteiger charge is -2.28. The lowest BCUT2D eigenvalue weighted by Crippen LogP contribution is -2.33. The second kappa shape index (κ2) is 4.18. The third kappa shape index (κ3) is 2.47. The van der Waals surface area contributed by atoms with Crippen LogP contribution in [-0.4, -0.2) is 20.1 Å². The Kier molecular flexibility index (Phi) is 3.08. The van der Waals surface area contributed by atoms with E-state index in [9.17, 15) is 0 Å². The zero-order chi connectivity index (χ0) is 13.6. The minimum atomic E-state index is 0.174. The molecule has 2 nitrogen and oxygen atoms in total. The Balaban J connectivity index is 2.52. The Bertz CT molecular complexity index is 441. The lowest BCUT2D eigenvalue weighted by molar-refractivity contribution is 0.402. The molecule has 0 spiro atoms. The van der Waals surface area contributed by atoms with E-state index < -0.39 is 0 Å². The maximum absolute atomic E-state index is 3.68. The van der Waals surface area contributed by atoms with Gasteiger partial charge in [-0.2, -0.15) is 0 Å². The molecule has 0 radical (unpaired) electrons. The first-order valence-corrected chi connectivity index (χ1v) is 6.79. The number of nitrogens with one attached hydrogen (secondary N) is 1. The maximum Gasteiger partial charge on any atom is 0.0616 e. The van der Waals surface area contributed by atoms with Crippen LogP contribution in [0.2, 0.25) is 0 Å². The average molecular weight is 246 g/mol. The van der Waals surface area contributed by atoms with Crippen molar-refractivity contribution in [3.05, 3.63) is 23.8 Å². The molecule has 0 aliphatic carbocycles. The molecule has 1 aromatic carbocycles. The van der Waals surface area contributed by atoms with E-state index in [0.29, 0.717) is 5.41 Å². The summed E-state index contributed by atoms with van der Waals surface area (Å²) in [5.41, 5.74) is 4.52. The lowest BCUT2D eigenvalue weighted by atomic mass is 9.85. The average Bonchev–Trinajstić information content (AvgIpc) is 2.34. The van der Waals surface area contributed by atoms with E-state index in [0.717, 1.165) is 13.1 Å². The van der Waals surface area contributed by atoms with Crippen LogP contribution in [0.1, 0.15) is 40.2 Å². The van der Waals surface area contributed by atoms with Crippen molar-refractivity contribution >= 4 is 11.4 Å². The van der Waals surface area contributed by atoms with Crippen LogP contribution in [0.25, 0.3) is 0 Å². The van der Waals surface area contributed by atoms with E-state index >= 15 is 0 Å². The summed E-state index contributed by atoms with van der Waals surface area (Å²) in [6.45, 7) is 13.6. The van der Waals surface area contributed by atoms with Crippen LogP contribution >= 0.6 is 0 Å². The molecule has 1 aliphatic heterocycles. The van der Waals surface area contributed by atoms with Crippen molar-refractivity contribution < 1.29 is 0 Å². The van der Waals surface area contributed by atoms with Gasteiger partial charge in [-0.1, -0.05) is 46.8 Å². The van der Waals surface area contributed by atoms with E-state index in [1.54, 1.807) is 0 Å². The quantitative estimate of drug-likeness (QED) is 0.747. The van der Waals surface area contributed by atoms with Crippen LogP contribution in [0, 0.1) is 5.41 Å². The number of para-hydroxylation sites is 1. The number of hydrogen-bond donors (Lipinski definition) is 1. The number of nitrogens with zero attached hydrogens (tertiary/aromatic N) is 1. The Morgan fingerprint density at radius 1 is 1.22 bits per heavy atom. The van der Waals surface area contributed by atoms with E-state index in [1.807, 2.05) is 0 Å². The van der Waals surface area contributed by atoms with Gasteiger partial charge < -0.3 is 10.2 Å². The summed E-state index contributed by atoms with van der Waals surface area (Å²) in [4.78, 5) is 2.38. The predicted molar refractivity (Wildman–Crippen MR) is 80.7 cm³/mol. The molecule has 0 saturated heterocycles. The van der Waals surface area contributed by atoms with Crippen molar-refractivity contribution in [3.8, 4) is 0 Å². The molecular weight excluding hydrogens is 220 g/mol. The van der Waals surface area contributed by atoms with Crippen molar-refractivity contribution in [1.82, 2.24) is 0 Å². The normalized spacial score (nSPS) is 18.9. The van der Waals surface area contributed by atoms with Gasteiger partial charge in [-0.3, -0.25) is 0 Å². The Labute approximate surface area is 111 Å². The van der Waals surface area contributed by atoms with Gasteiger partial charge in [-0.15, -0.1) is 0 Å². The summed E-state index contributed by atoms with van der Waals surface area (Å²) in [6.07, 6.45) is 0. The molecule has 2 heteroatoms. The first-order valence-electron chi connectivity index (χ1n) is 6.79. The highest BCUT2D eigenvalue weighted by molar-refractivity contribution is 5.75. The van der Waals surface area contributed by atoms with Gasteiger partial charge in [0.1, 0.15) is 0 Å². The van der Waals surface area contributed by atoms with Gasteiger partial charge in [-0.05, 0) is 22.5 Å². The maximum atomic E-state index is 3.68. The molecular formula is C16H26N2. The first-order chi connectivity index (χ1) is 8.21. The number of benzene rings is 1. The Morgan fingerprint density at radius 2 is 1.89 bits per heavy atom. The van der Waals surface area contributed by atoms with Crippen LogP contribution in [0.3, 0.4) is 0 Å². The summed E-state index contributed by atoms with van der Waals surface area (Å²) in [5.74, 6) is 0. The molecule has 0 aromatic heterocycles. The fraction of sp³-hybridized carbons (Fsp3) is 0.625. The molecule has 1 N–H and O–H groups in total. The molecule has 18 heavy (non-hydrogen) atoms. The van der Waals surface area contributed by atoms with Gasteiger partial charge in [0.2, 0.25) is 0 Å². The SMILES string of the molecule is CN1CC(C)(C)CNc2c1cccc2C(C)(C)C. The summed E-state index contributed by atoms with van der Waals surface area (Å²) in [7, 11) is 2.19. The molecule has 2 rings (SSSR count). The van der Waals surface area contributed by atoms with Crippen LogP contribution < -0.4 is 10.2 Å². The molecule has 0 unspecified atom stereocenters. The van der Waals surface area contributed by atoms with Gasteiger partial charge in [0.05, 0.1) is 11.4 Å². The first kappa shape index (κ1) is 13.3. The summed E-state index contributed by atoms with van der Waals surface area (Å²) >= 11 is 0. The highest BCUT2D eigenvalue weighted by Gasteiger charge is 2.28. The van der Waals surface area contributed by atoms with Crippen LogP contribution in [-0.2, 0) is 5.41 Å². The number of fused-ring (bicyclic) bond motifs is 1. The smallest absolute Gasteiger partial charge is 0.0616 e. The zero-order valence-corrected chi connectivity index (χ0v) is 12.6. The number of anilines is 2. The van der Waals surface area contributed by atoms with Crippen LogP contribution in [0.4, 0.5) is 11.4 Å². The van der Waals surface area contributed by atoms with Gasteiger partial charge in [0.25, 0.3) is 0 Å². The van der Waals surface area contributed by atoms with Gasteiger partial charge >= 0.3 is 0 Å². The summed E-state index contributed by atoms with van der Waals surface area (Å²) in [5, 5.41) is 3.68. The standard InChI is InChI=1S/C16H26N2/c1-15(2,3)12-8-7-9-13-14(12)17-10-16(4,5)11-18(13)6/h7-9,17H,10-11H2,1-6H3. The van der Waals surface area contributed by atoms with E-state index in [1.165, 1.54) is 16.9 Å². The van der Waals surface area contributed by atoms with Crippen LogP contribution in [0.15, 0.2) is 18.2 Å². The molecule has 1 heterocycles. The summed E-state index contributed by atoms with van der Waals surface area (Å²) in [6, 6.07) is 6.65. The van der Waals surface area contributed by atoms with Gasteiger partial charge in [0.15, 0.2) is 0 Å². The van der Waals surface area contributed by atoms with Crippen molar-refractivity contribution in [3.63, 3.8) is 0 Å². The highest BCUT2D eigenvalue weighted by Crippen LogP contribution is 2.39. The fourth-order valence-electron chi connectivity index (χ4n) is 2.78. The van der Waals surface area contributed by atoms with Crippen molar-refractivity contribution in [1.29, 1.82) is 0 Å². The second-order valence-corrected chi connectivity index (χ2v) is 7.32. The molecule has 0 fully saturated rings. The third-order valence-electron chi connectivity index (χ3n) is 3.67. The zero-order valence-electron chi connectivity index (χ0n) is 12.6. The topological polar surface area (TPSA) is 15.3 Å². The summed E-state index contributed by atoms with van der Waals surface area (Å²) < 4.78 is 0. The Morgan fingerprint density at radius 3 is 2.50 bits per heavy atom. The molecule has 0 atom stereocenters. The van der Waals surface area contributed by atoms with E-state index in [2.05, 4.69) is 70.1 Å². The van der Waals surface area contributed by atoms with Crippen molar-refractivity contribution in [2.45, 2.75) is 40.0 Å². The minimum absolute atomic E-state index is 0.174. The molecule has 1 aliphatic rings. The van der Waals surface area contributed by atoms with E-state index in [-0.39, 0.29) is 5.41 Å². The van der Waals surface area contributed by atoms with Crippen LogP contribution in [0.5, 0.6) is 0 Å². The van der Waals surface area contributed by atoms with Crippen molar-refractivity contribution in [2.75, 3.05) is 30.4 Å². The minimum Gasteiger partial charge on any atom is -0.383 e. The van der Waals surface area contributed by atoms with E-state index in [4.69, 9.17) is 0 Å². The highest BCUT2D eigenvalue weighted by atomic mass is 15.1. The Hall–Kier alpha value is -1.18. The predicted octanol–water partition coefficient (Wildman–Crippen LogP) is 3.87. The third-order valence-corrected chi connectivity index (χ3v) is 3.67. The number of hydrogen-bond acceptors (Lipinski definition) is 2. The molecule has 100 valence electrons. The monoisotopic (exact) mass is 246 g/mol. The van der Waals surface area contributed by atoms with Gasteiger partial charge in [-0.25, -0.2) is 0 Å². The molecule has 0 saturated carbocycles. The molecule has 0 amide bonds. The van der Waals surface area contributed by atoms with Gasteiger partial charge in [0, 0.05) is 20.1 Å². The second-order valence-electron chi connectivity index (χ2n) is 7.32. The molecule has 1 aromatic rings.